The summed E-state index contributed by atoms with van der Waals surface area (Å²) in [6, 6.07) is 24.9. The quantitative estimate of drug-likeness (QED) is 0.582. The fourth-order valence-corrected chi connectivity index (χ4v) is 5.45. The van der Waals surface area contributed by atoms with Crippen LogP contribution in [0.2, 0.25) is 10.0 Å². The molecule has 3 aromatic carbocycles. The van der Waals surface area contributed by atoms with Crippen molar-refractivity contribution in [3.05, 3.63) is 88.4 Å². The van der Waals surface area contributed by atoms with Crippen molar-refractivity contribution < 1.29 is 0 Å². The van der Waals surface area contributed by atoms with Gasteiger partial charge in [-0.1, -0.05) is 77.3 Å². The van der Waals surface area contributed by atoms with Gasteiger partial charge in [0.15, 0.2) is 0 Å². The highest BCUT2D eigenvalue weighted by atomic mass is 35.5. The average molecular weight is 345 g/mol. The van der Waals surface area contributed by atoms with Gasteiger partial charge in [-0.3, -0.25) is 0 Å². The summed E-state index contributed by atoms with van der Waals surface area (Å²) in [7, 11) is -0.663. The minimum absolute atomic E-state index is 0.663. The van der Waals surface area contributed by atoms with Crippen LogP contribution in [0.5, 0.6) is 0 Å². The molecule has 3 aromatic rings. The largest absolute Gasteiger partial charge is 0.0843 e. The lowest BCUT2D eigenvalue weighted by Crippen LogP contribution is -2.20. The molecule has 0 saturated heterocycles. The number of aryl methyl sites for hydroxylation is 1. The zero-order valence-electron chi connectivity index (χ0n) is 12.1. The van der Waals surface area contributed by atoms with Gasteiger partial charge in [0.25, 0.3) is 0 Å². The van der Waals surface area contributed by atoms with Gasteiger partial charge in [-0.25, -0.2) is 0 Å². The van der Waals surface area contributed by atoms with Crippen molar-refractivity contribution in [2.24, 2.45) is 0 Å². The first-order valence-corrected chi connectivity index (χ1v) is 9.11. The van der Waals surface area contributed by atoms with Crippen LogP contribution in [0.3, 0.4) is 0 Å². The lowest BCUT2D eigenvalue weighted by molar-refractivity contribution is 1.50. The van der Waals surface area contributed by atoms with Gasteiger partial charge in [0.2, 0.25) is 0 Å². The van der Waals surface area contributed by atoms with E-state index in [-0.39, 0.29) is 0 Å². The third-order valence-electron chi connectivity index (χ3n) is 3.39. The van der Waals surface area contributed by atoms with Crippen molar-refractivity contribution >= 4 is 47.0 Å². The third-order valence-corrected chi connectivity index (χ3v) is 6.25. The molecule has 0 bridgehead atoms. The second-order valence-electron chi connectivity index (χ2n) is 5.13. The van der Waals surface area contributed by atoms with Crippen LogP contribution >= 0.6 is 31.1 Å². The Morgan fingerprint density at radius 1 is 0.636 bits per heavy atom. The molecule has 0 spiro atoms. The number of rotatable bonds is 3. The first kappa shape index (κ1) is 15.6. The zero-order valence-corrected chi connectivity index (χ0v) is 14.5. The first-order valence-electron chi connectivity index (χ1n) is 7.01. The van der Waals surface area contributed by atoms with E-state index in [1.165, 1.54) is 21.5 Å². The maximum absolute atomic E-state index is 6.21. The molecule has 22 heavy (non-hydrogen) atoms. The normalized spacial score (nSPS) is 10.9. The highest BCUT2D eigenvalue weighted by molar-refractivity contribution is 7.79. The fourth-order valence-electron chi connectivity index (χ4n) is 2.44. The monoisotopic (exact) mass is 344 g/mol. The summed E-state index contributed by atoms with van der Waals surface area (Å²) in [6.07, 6.45) is 0. The van der Waals surface area contributed by atoms with Gasteiger partial charge in [-0.15, -0.1) is 0 Å². The number of hydrogen-bond donors (Lipinski definition) is 0. The van der Waals surface area contributed by atoms with Gasteiger partial charge >= 0.3 is 0 Å². The molecular formula is C19H15Cl2P. The molecular weight excluding hydrogens is 330 g/mol. The van der Waals surface area contributed by atoms with Crippen molar-refractivity contribution in [2.75, 3.05) is 0 Å². The summed E-state index contributed by atoms with van der Waals surface area (Å²) in [4.78, 5) is 0. The minimum atomic E-state index is -0.663. The molecule has 0 aliphatic heterocycles. The molecule has 0 atom stereocenters. The Kier molecular flexibility index (Phi) is 4.84. The van der Waals surface area contributed by atoms with E-state index in [0.29, 0.717) is 0 Å². The maximum atomic E-state index is 6.21. The number of halogens is 2. The molecule has 0 fully saturated rings. The molecule has 3 heteroatoms. The molecule has 3 rings (SSSR count). The van der Waals surface area contributed by atoms with Gasteiger partial charge in [-0.05, 0) is 55.0 Å². The highest BCUT2D eigenvalue weighted by Gasteiger charge is 2.17. The lowest BCUT2D eigenvalue weighted by Gasteiger charge is -2.20. The van der Waals surface area contributed by atoms with Crippen LogP contribution in [0.25, 0.3) is 0 Å². The number of benzene rings is 3. The topological polar surface area (TPSA) is 0 Å². The molecule has 0 amide bonds. The molecule has 0 radical (unpaired) electrons. The molecule has 0 unspecified atom stereocenters. The average Bonchev–Trinajstić information content (AvgIpc) is 2.48. The molecule has 0 aliphatic carbocycles. The molecule has 0 heterocycles. The predicted octanol–water partition coefficient (Wildman–Crippen LogP) is 5.06. The molecule has 0 aromatic heterocycles. The smallest absolute Gasteiger partial charge is 0.0412 e. The summed E-state index contributed by atoms with van der Waals surface area (Å²) < 4.78 is 0. The summed E-state index contributed by atoms with van der Waals surface area (Å²) in [5.41, 5.74) is 1.26. The van der Waals surface area contributed by atoms with Crippen LogP contribution < -0.4 is 15.9 Å². The standard InChI is InChI=1S/C19H15Cl2P/c1-14-5-2-8-17(11-14)22(18-9-3-6-15(20)12-18)19-10-4-7-16(21)13-19/h2-13H,1H3. The Labute approximate surface area is 142 Å². The Morgan fingerprint density at radius 2 is 1.09 bits per heavy atom. The Balaban J connectivity index is 2.18. The third kappa shape index (κ3) is 3.52. The van der Waals surface area contributed by atoms with Gasteiger partial charge in [0.1, 0.15) is 0 Å². The molecule has 110 valence electrons. The van der Waals surface area contributed by atoms with E-state index in [1.807, 2.05) is 24.3 Å². The van der Waals surface area contributed by atoms with Crippen LogP contribution in [0.1, 0.15) is 5.56 Å². The summed E-state index contributed by atoms with van der Waals surface area (Å²) >= 11 is 12.4. The molecule has 0 N–H and O–H groups in total. The van der Waals surface area contributed by atoms with E-state index in [1.54, 1.807) is 0 Å². The van der Waals surface area contributed by atoms with E-state index < -0.39 is 7.92 Å². The van der Waals surface area contributed by atoms with Crippen molar-refractivity contribution in [3.63, 3.8) is 0 Å². The SMILES string of the molecule is Cc1cccc(P(c2cccc(Cl)c2)c2cccc(Cl)c2)c1. The Bertz CT molecular complexity index is 691. The second kappa shape index (κ2) is 6.84. The van der Waals surface area contributed by atoms with Crippen LogP contribution in [0.4, 0.5) is 0 Å². The predicted molar refractivity (Wildman–Crippen MR) is 99.9 cm³/mol. The molecule has 0 saturated carbocycles. The van der Waals surface area contributed by atoms with Gasteiger partial charge in [0.05, 0.1) is 0 Å². The minimum Gasteiger partial charge on any atom is -0.0843 e. The van der Waals surface area contributed by atoms with E-state index in [9.17, 15) is 0 Å². The van der Waals surface area contributed by atoms with Gasteiger partial charge in [0, 0.05) is 10.0 Å². The molecule has 0 aliphatic rings. The Hall–Kier alpha value is -1.33. The first-order chi connectivity index (χ1) is 10.6. The maximum Gasteiger partial charge on any atom is 0.0412 e. The van der Waals surface area contributed by atoms with Gasteiger partial charge in [-0.2, -0.15) is 0 Å². The van der Waals surface area contributed by atoms with Crippen molar-refractivity contribution in [1.82, 2.24) is 0 Å². The lowest BCUT2D eigenvalue weighted by atomic mass is 10.2. The van der Waals surface area contributed by atoms with Crippen LogP contribution in [0.15, 0.2) is 72.8 Å². The van der Waals surface area contributed by atoms with Crippen LogP contribution in [-0.4, -0.2) is 0 Å². The molecule has 0 nitrogen and oxygen atoms in total. The van der Waals surface area contributed by atoms with E-state index in [2.05, 4.69) is 55.5 Å². The van der Waals surface area contributed by atoms with Crippen molar-refractivity contribution in [1.29, 1.82) is 0 Å². The van der Waals surface area contributed by atoms with Crippen molar-refractivity contribution in [2.45, 2.75) is 6.92 Å². The zero-order chi connectivity index (χ0) is 15.5. The Morgan fingerprint density at radius 3 is 1.55 bits per heavy atom. The summed E-state index contributed by atoms with van der Waals surface area (Å²) in [5.74, 6) is 0. The highest BCUT2D eigenvalue weighted by Crippen LogP contribution is 2.34. The van der Waals surface area contributed by atoms with E-state index in [0.717, 1.165) is 10.0 Å². The summed E-state index contributed by atoms with van der Waals surface area (Å²) in [6.45, 7) is 2.12. The summed E-state index contributed by atoms with van der Waals surface area (Å²) in [5, 5.41) is 5.30. The van der Waals surface area contributed by atoms with E-state index >= 15 is 0 Å². The number of hydrogen-bond acceptors (Lipinski definition) is 0. The second-order valence-corrected chi connectivity index (χ2v) is 8.23. The fraction of sp³-hybridized carbons (Fsp3) is 0.0526. The van der Waals surface area contributed by atoms with Crippen LogP contribution in [-0.2, 0) is 0 Å². The van der Waals surface area contributed by atoms with E-state index in [4.69, 9.17) is 23.2 Å². The van der Waals surface area contributed by atoms with Crippen LogP contribution in [0, 0.1) is 6.92 Å². The van der Waals surface area contributed by atoms with Crippen molar-refractivity contribution in [3.8, 4) is 0 Å². The van der Waals surface area contributed by atoms with Gasteiger partial charge < -0.3 is 0 Å².